The zero-order chi connectivity index (χ0) is 25.2. The van der Waals surface area contributed by atoms with Crippen molar-refractivity contribution in [3.8, 4) is 17.1 Å². The Balaban J connectivity index is 1.54. The van der Waals surface area contributed by atoms with Gasteiger partial charge < -0.3 is 14.2 Å². The van der Waals surface area contributed by atoms with Gasteiger partial charge in [0.2, 0.25) is 5.88 Å². The van der Waals surface area contributed by atoms with Gasteiger partial charge in [0.1, 0.15) is 11.4 Å². The Morgan fingerprint density at radius 3 is 2.58 bits per heavy atom. The molecule has 2 unspecified atom stereocenters. The molecule has 36 heavy (non-hydrogen) atoms. The minimum atomic E-state index is -1.47. The Kier molecular flexibility index (Phi) is 7.51. The fourth-order valence-corrected chi connectivity index (χ4v) is 6.38. The van der Waals surface area contributed by atoms with E-state index in [-0.39, 0.29) is 0 Å². The third-order valence-corrected chi connectivity index (χ3v) is 8.69. The van der Waals surface area contributed by atoms with Crippen molar-refractivity contribution in [2.24, 2.45) is 11.8 Å². The molecule has 5 rings (SSSR count). The summed E-state index contributed by atoms with van der Waals surface area (Å²) in [4.78, 5) is 12.7. The molecule has 2 aliphatic heterocycles. The maximum Gasteiger partial charge on any atom is 0.269 e. The second-order valence-corrected chi connectivity index (χ2v) is 11.7. The summed E-state index contributed by atoms with van der Waals surface area (Å²) in [6.07, 6.45) is 3.25. The third-order valence-electron chi connectivity index (χ3n) is 7.64. The Morgan fingerprint density at radius 1 is 1.03 bits per heavy atom. The van der Waals surface area contributed by atoms with Gasteiger partial charge in [0.05, 0.1) is 12.3 Å². The Morgan fingerprint density at radius 2 is 1.81 bits per heavy atom. The average molecular weight is 505 g/mol. The molecule has 6 nitrogen and oxygen atoms in total. The van der Waals surface area contributed by atoms with E-state index in [9.17, 15) is 4.55 Å². The second kappa shape index (κ2) is 10.8. The standard InChI is InChI=1S/C29H36N4O2S/c1-19(2)33-14-13-23-12-11-22-9-6-10-25(15-22)36(34)32-29-30-26(28-20(3)7-5-8-21(28)4)16-27(31-29)35-18-24(23)17-33/h5-10,15-16,19,23-24H,11-14,17-18H2,1-4H3,(H,30,31,32)/t23?,24-,36?/m1/s1. The molecule has 7 heteroatoms. The molecule has 0 aliphatic carbocycles. The number of piperidine rings is 1. The lowest BCUT2D eigenvalue weighted by atomic mass is 9.81. The van der Waals surface area contributed by atoms with E-state index < -0.39 is 11.4 Å². The smallest absolute Gasteiger partial charge is 0.269 e. The van der Waals surface area contributed by atoms with E-state index in [2.05, 4.69) is 72.6 Å². The predicted molar refractivity (Wildman–Crippen MR) is 146 cm³/mol. The maximum absolute atomic E-state index is 13.2. The second-order valence-electron chi connectivity index (χ2n) is 10.4. The van der Waals surface area contributed by atoms with Crippen molar-refractivity contribution in [3.63, 3.8) is 0 Å². The number of nitrogens with zero attached hydrogens (tertiary/aromatic N) is 3. The van der Waals surface area contributed by atoms with Crippen molar-refractivity contribution in [3.05, 3.63) is 65.2 Å². The summed E-state index contributed by atoms with van der Waals surface area (Å²) < 4.78 is 22.7. The third kappa shape index (κ3) is 5.53. The van der Waals surface area contributed by atoms with Gasteiger partial charge in [-0.1, -0.05) is 30.3 Å². The fourth-order valence-electron chi connectivity index (χ4n) is 5.54. The minimum Gasteiger partial charge on any atom is -0.588 e. The van der Waals surface area contributed by atoms with Crippen LogP contribution in [-0.2, 0) is 17.8 Å². The van der Waals surface area contributed by atoms with Crippen LogP contribution >= 0.6 is 0 Å². The van der Waals surface area contributed by atoms with Crippen molar-refractivity contribution in [2.75, 3.05) is 24.4 Å². The molecule has 1 fully saturated rings. The largest absolute Gasteiger partial charge is 0.588 e. The van der Waals surface area contributed by atoms with Gasteiger partial charge in [-0.05, 0) is 88.2 Å². The molecule has 0 amide bonds. The zero-order valence-corrected chi connectivity index (χ0v) is 22.5. The van der Waals surface area contributed by atoms with Crippen molar-refractivity contribution in [1.29, 1.82) is 0 Å². The van der Waals surface area contributed by atoms with Crippen LogP contribution in [0.4, 0.5) is 5.95 Å². The molecule has 3 aromatic rings. The molecule has 1 saturated heterocycles. The van der Waals surface area contributed by atoms with Crippen LogP contribution < -0.4 is 9.46 Å². The lowest BCUT2D eigenvalue weighted by Crippen LogP contribution is -2.46. The molecule has 4 bridgehead atoms. The number of hydrogen-bond donors (Lipinski definition) is 1. The number of benzene rings is 2. The number of anilines is 1. The van der Waals surface area contributed by atoms with Gasteiger partial charge in [0.15, 0.2) is 4.90 Å². The molecule has 1 N–H and O–H groups in total. The van der Waals surface area contributed by atoms with Crippen LogP contribution in [-0.4, -0.2) is 45.2 Å². The highest BCUT2D eigenvalue weighted by Gasteiger charge is 2.31. The van der Waals surface area contributed by atoms with Crippen LogP contribution in [0.3, 0.4) is 0 Å². The summed E-state index contributed by atoms with van der Waals surface area (Å²) in [5.41, 5.74) is 5.32. The van der Waals surface area contributed by atoms with Crippen LogP contribution in [0.25, 0.3) is 11.3 Å². The zero-order valence-electron chi connectivity index (χ0n) is 21.7. The SMILES string of the molecule is Cc1cccc(C)c1-c1cc2nc(n1)N[S+]([O-])c1cccc(c1)CCC1CCN(C(C)C)C[C@@H]1CO2. The lowest BCUT2D eigenvalue weighted by molar-refractivity contribution is 0.0579. The van der Waals surface area contributed by atoms with Crippen molar-refractivity contribution in [2.45, 2.75) is 57.9 Å². The van der Waals surface area contributed by atoms with Crippen molar-refractivity contribution in [1.82, 2.24) is 14.9 Å². The highest BCUT2D eigenvalue weighted by molar-refractivity contribution is 7.92. The van der Waals surface area contributed by atoms with Gasteiger partial charge >= 0.3 is 0 Å². The summed E-state index contributed by atoms with van der Waals surface area (Å²) in [6.45, 7) is 11.5. The van der Waals surface area contributed by atoms with Crippen molar-refractivity contribution >= 4 is 17.3 Å². The van der Waals surface area contributed by atoms with Crippen LogP contribution in [0.5, 0.6) is 5.88 Å². The number of nitrogens with one attached hydrogen (secondary N) is 1. The number of fused-ring (bicyclic) bond motifs is 5. The van der Waals surface area contributed by atoms with E-state index in [4.69, 9.17) is 9.72 Å². The molecule has 2 aromatic carbocycles. The van der Waals surface area contributed by atoms with Gasteiger partial charge in [-0.25, -0.2) is 4.98 Å². The Bertz CT molecular complexity index is 1200. The molecule has 0 spiro atoms. The average Bonchev–Trinajstić information content (AvgIpc) is 2.86. The highest BCUT2D eigenvalue weighted by atomic mass is 32.2. The van der Waals surface area contributed by atoms with Gasteiger partial charge in [-0.2, -0.15) is 9.71 Å². The van der Waals surface area contributed by atoms with Crippen LogP contribution in [0.2, 0.25) is 0 Å². The molecule has 1 aromatic heterocycles. The Hall–Kier alpha value is -2.61. The quantitative estimate of drug-likeness (QED) is 0.460. The number of aryl methyl sites for hydroxylation is 3. The molecule has 2 aliphatic rings. The van der Waals surface area contributed by atoms with E-state index >= 15 is 0 Å². The molecule has 3 atom stereocenters. The van der Waals surface area contributed by atoms with Gasteiger partial charge in [-0.3, -0.25) is 0 Å². The fraction of sp³-hybridized carbons (Fsp3) is 0.448. The summed E-state index contributed by atoms with van der Waals surface area (Å²) in [7, 11) is 0. The molecular weight excluding hydrogens is 468 g/mol. The van der Waals surface area contributed by atoms with E-state index in [1.54, 1.807) is 0 Å². The number of ether oxygens (including phenoxy) is 1. The van der Waals surface area contributed by atoms with Crippen LogP contribution in [0.1, 0.15) is 43.4 Å². The monoisotopic (exact) mass is 504 g/mol. The first-order valence-corrected chi connectivity index (χ1v) is 14.1. The molecule has 3 heterocycles. The molecule has 0 radical (unpaired) electrons. The van der Waals surface area contributed by atoms with E-state index in [0.717, 1.165) is 53.2 Å². The van der Waals surface area contributed by atoms with E-state index in [0.29, 0.717) is 36.3 Å². The first-order valence-electron chi connectivity index (χ1n) is 13.0. The lowest BCUT2D eigenvalue weighted by Gasteiger charge is -2.40. The summed E-state index contributed by atoms with van der Waals surface area (Å²) in [5.74, 6) is 1.84. The molecule has 0 saturated carbocycles. The normalized spacial score (nSPS) is 22.8. The number of hydrogen-bond acceptors (Lipinski definition) is 6. The minimum absolute atomic E-state index is 0.315. The van der Waals surface area contributed by atoms with Gasteiger partial charge in [0.25, 0.3) is 5.95 Å². The number of rotatable bonds is 2. The van der Waals surface area contributed by atoms with Crippen LogP contribution in [0, 0.1) is 25.7 Å². The summed E-state index contributed by atoms with van der Waals surface area (Å²) in [6, 6.07) is 16.8. The topological polar surface area (TPSA) is 73.3 Å². The van der Waals surface area contributed by atoms with E-state index in [1.165, 1.54) is 12.0 Å². The van der Waals surface area contributed by atoms with E-state index in [1.807, 2.05) is 18.2 Å². The first kappa shape index (κ1) is 25.1. The predicted octanol–water partition coefficient (Wildman–Crippen LogP) is 5.57. The number of aromatic nitrogens is 2. The number of likely N-dealkylation sites (tertiary alicyclic amines) is 1. The maximum atomic E-state index is 13.2. The first-order chi connectivity index (χ1) is 17.4. The Labute approximate surface area is 217 Å². The van der Waals surface area contributed by atoms with Crippen molar-refractivity contribution < 1.29 is 9.29 Å². The molecule has 190 valence electrons. The summed E-state index contributed by atoms with van der Waals surface area (Å²) >= 11 is -1.47. The van der Waals surface area contributed by atoms with Crippen LogP contribution in [0.15, 0.2) is 53.4 Å². The van der Waals surface area contributed by atoms with Gasteiger partial charge in [-0.15, -0.1) is 0 Å². The van der Waals surface area contributed by atoms with Gasteiger partial charge in [0, 0.05) is 30.1 Å². The summed E-state index contributed by atoms with van der Waals surface area (Å²) in [5, 5.41) is 0. The highest BCUT2D eigenvalue weighted by Crippen LogP contribution is 2.33. The molecular formula is C29H36N4O2S.